The van der Waals surface area contributed by atoms with Gasteiger partial charge >= 0.3 is 0 Å². The summed E-state index contributed by atoms with van der Waals surface area (Å²) in [4.78, 5) is 0. The van der Waals surface area contributed by atoms with Gasteiger partial charge in [-0.05, 0) is 0 Å². The van der Waals surface area contributed by atoms with Crippen LogP contribution in [-0.4, -0.2) is 0 Å². The molecule has 1 aromatic rings. The third kappa shape index (κ3) is 7.37. The number of benzene rings is 1. The summed E-state index contributed by atoms with van der Waals surface area (Å²) in [6.07, 6.45) is 2.17. The smallest absolute Gasteiger partial charge is 0 e. The van der Waals surface area contributed by atoms with Crippen LogP contribution in [0.1, 0.15) is 25.3 Å². The zero-order valence-corrected chi connectivity index (χ0v) is 14.3. The van der Waals surface area contributed by atoms with Crippen LogP contribution in [0.15, 0.2) is 24.3 Å². The first-order valence-electron chi connectivity index (χ1n) is 3.60. The molecule has 1 rings (SSSR count). The van der Waals surface area contributed by atoms with Crippen LogP contribution in [0, 0.1) is 19.9 Å². The van der Waals surface area contributed by atoms with Crippen LogP contribution in [0.25, 0.3) is 0 Å². The first kappa shape index (κ1) is 19.9. The Morgan fingerprint density at radius 2 is 1.92 bits per heavy atom. The maximum atomic E-state index is 3.19. The maximum absolute atomic E-state index is 3.19. The van der Waals surface area contributed by atoms with Crippen molar-refractivity contribution in [2.24, 2.45) is 0 Å². The van der Waals surface area contributed by atoms with Crippen LogP contribution in [0.5, 0.6) is 0 Å². The van der Waals surface area contributed by atoms with Crippen molar-refractivity contribution in [2.75, 3.05) is 0 Å². The topological polar surface area (TPSA) is 0 Å². The fourth-order valence-corrected chi connectivity index (χ4v) is 0.870. The SMILES string of the molecule is C[CH-][C@@H](C)c1[c-]cccc1.[CH3-].[Y].[Y]. The molecule has 0 aliphatic carbocycles. The van der Waals surface area contributed by atoms with Crippen LogP contribution < -0.4 is 0 Å². The Balaban J connectivity index is -0.000000333. The second-order valence-electron chi connectivity index (χ2n) is 2.44. The third-order valence-electron chi connectivity index (χ3n) is 1.72. The van der Waals surface area contributed by atoms with Crippen molar-refractivity contribution >= 4 is 0 Å². The van der Waals surface area contributed by atoms with E-state index in [0.717, 1.165) is 0 Å². The molecule has 1 aromatic carbocycles. The van der Waals surface area contributed by atoms with E-state index >= 15 is 0 Å². The van der Waals surface area contributed by atoms with Crippen LogP contribution in [-0.2, 0) is 65.4 Å². The number of hydrogen-bond donors (Lipinski definition) is 0. The maximum Gasteiger partial charge on any atom is 0 e. The van der Waals surface area contributed by atoms with Crippen LogP contribution in [0.4, 0.5) is 0 Å². The van der Waals surface area contributed by atoms with Crippen molar-refractivity contribution in [1.82, 2.24) is 0 Å². The van der Waals surface area contributed by atoms with E-state index in [4.69, 9.17) is 0 Å². The minimum atomic E-state index is 0. The first-order valence-corrected chi connectivity index (χ1v) is 3.60. The molecule has 0 unspecified atom stereocenters. The minimum Gasteiger partial charge on any atom is -0.358 e. The van der Waals surface area contributed by atoms with E-state index in [2.05, 4.69) is 32.4 Å². The Morgan fingerprint density at radius 1 is 1.31 bits per heavy atom. The molecule has 0 N–H and O–H groups in total. The van der Waals surface area contributed by atoms with Gasteiger partial charge in [-0.1, -0.05) is 6.92 Å². The summed E-state index contributed by atoms with van der Waals surface area (Å²) in [5.41, 5.74) is 1.27. The van der Waals surface area contributed by atoms with Gasteiger partial charge in [0.15, 0.2) is 0 Å². The minimum absolute atomic E-state index is 0. The van der Waals surface area contributed by atoms with Gasteiger partial charge < -0.3 is 13.8 Å². The Labute approximate surface area is 133 Å². The molecular weight excluding hydrogens is 310 g/mol. The number of rotatable bonds is 2. The Kier molecular flexibility index (Phi) is 17.6. The molecular formula is C11H15Y2-3. The van der Waals surface area contributed by atoms with Gasteiger partial charge in [-0.15, -0.1) is 0 Å². The van der Waals surface area contributed by atoms with Crippen LogP contribution >= 0.6 is 0 Å². The Bertz CT molecular complexity index is 185. The van der Waals surface area contributed by atoms with E-state index in [0.29, 0.717) is 5.92 Å². The predicted molar refractivity (Wildman–Crippen MR) is 50.1 cm³/mol. The fraction of sp³-hybridized carbons (Fsp3) is 0.273. The van der Waals surface area contributed by atoms with E-state index in [-0.39, 0.29) is 72.8 Å². The van der Waals surface area contributed by atoms with Gasteiger partial charge in [0, 0.05) is 65.4 Å². The molecule has 0 nitrogen and oxygen atoms in total. The van der Waals surface area contributed by atoms with Gasteiger partial charge in [-0.2, -0.15) is 48.7 Å². The average Bonchev–Trinajstić information content (AvgIpc) is 2.05. The molecule has 2 radical (unpaired) electrons. The van der Waals surface area contributed by atoms with E-state index < -0.39 is 0 Å². The molecule has 0 aromatic heterocycles. The Morgan fingerprint density at radius 3 is 2.31 bits per heavy atom. The number of hydrogen-bond acceptors (Lipinski definition) is 0. The van der Waals surface area contributed by atoms with Gasteiger partial charge in [-0.3, -0.25) is 0 Å². The summed E-state index contributed by atoms with van der Waals surface area (Å²) in [7, 11) is 0. The van der Waals surface area contributed by atoms with E-state index in [1.54, 1.807) is 0 Å². The standard InChI is InChI=1S/C10H12.CH3.2Y/c1-3-9(2)10-7-5-4-6-8-10;;;/h3-7,9H,1-2H3;1H3;;/q-2;-1;;/t9-;;;/m1.../s1. The van der Waals surface area contributed by atoms with E-state index in [9.17, 15) is 0 Å². The second-order valence-corrected chi connectivity index (χ2v) is 2.44. The van der Waals surface area contributed by atoms with Crippen molar-refractivity contribution in [2.45, 2.75) is 19.8 Å². The second kappa shape index (κ2) is 11.5. The zero-order valence-electron chi connectivity index (χ0n) is 8.62. The molecule has 13 heavy (non-hydrogen) atoms. The average molecular weight is 325 g/mol. The van der Waals surface area contributed by atoms with Gasteiger partial charge in [0.1, 0.15) is 0 Å². The molecule has 0 amide bonds. The fourth-order valence-electron chi connectivity index (χ4n) is 0.870. The van der Waals surface area contributed by atoms with E-state index in [1.165, 1.54) is 5.56 Å². The molecule has 0 saturated carbocycles. The predicted octanol–water partition coefficient (Wildman–Crippen LogP) is 3.26. The summed E-state index contributed by atoms with van der Waals surface area (Å²) in [6.45, 7) is 4.25. The quantitative estimate of drug-likeness (QED) is 0.732. The summed E-state index contributed by atoms with van der Waals surface area (Å²) < 4.78 is 0. The third-order valence-corrected chi connectivity index (χ3v) is 1.72. The summed E-state index contributed by atoms with van der Waals surface area (Å²) in [5.74, 6) is 0.529. The molecule has 0 heterocycles. The monoisotopic (exact) mass is 325 g/mol. The first-order chi connectivity index (χ1) is 4.84. The van der Waals surface area contributed by atoms with Crippen LogP contribution in [0.3, 0.4) is 0 Å². The largest absolute Gasteiger partial charge is 0.358 e. The summed E-state index contributed by atoms with van der Waals surface area (Å²) in [5, 5.41) is 0. The molecule has 0 saturated heterocycles. The van der Waals surface area contributed by atoms with Gasteiger partial charge in [0.05, 0.1) is 0 Å². The normalized spacial score (nSPS) is 10.0. The van der Waals surface area contributed by atoms with Crippen molar-refractivity contribution in [3.63, 3.8) is 0 Å². The van der Waals surface area contributed by atoms with Gasteiger partial charge in [-0.25, -0.2) is 0 Å². The van der Waals surface area contributed by atoms with E-state index in [1.807, 2.05) is 18.2 Å². The molecule has 2 heteroatoms. The Hall–Kier alpha value is 1.43. The van der Waals surface area contributed by atoms with Gasteiger partial charge in [0.2, 0.25) is 0 Å². The molecule has 0 bridgehead atoms. The van der Waals surface area contributed by atoms with Crippen molar-refractivity contribution in [3.05, 3.63) is 49.7 Å². The summed E-state index contributed by atoms with van der Waals surface area (Å²) >= 11 is 0. The van der Waals surface area contributed by atoms with Crippen molar-refractivity contribution in [3.8, 4) is 0 Å². The summed E-state index contributed by atoms with van der Waals surface area (Å²) in [6, 6.07) is 11.3. The van der Waals surface area contributed by atoms with Crippen molar-refractivity contribution in [1.29, 1.82) is 0 Å². The molecule has 0 spiro atoms. The zero-order chi connectivity index (χ0) is 7.40. The molecule has 0 aliphatic rings. The molecule has 1 atom stereocenters. The van der Waals surface area contributed by atoms with Gasteiger partial charge in [0.25, 0.3) is 0 Å². The molecule has 68 valence electrons. The molecule has 0 aliphatic heterocycles. The van der Waals surface area contributed by atoms with Crippen molar-refractivity contribution < 1.29 is 65.4 Å². The van der Waals surface area contributed by atoms with Crippen LogP contribution in [0.2, 0.25) is 0 Å². The molecule has 0 fully saturated rings.